The van der Waals surface area contributed by atoms with E-state index in [1.165, 1.54) is 22.6 Å². The van der Waals surface area contributed by atoms with Crippen molar-refractivity contribution in [1.29, 1.82) is 0 Å². The first-order valence-corrected chi connectivity index (χ1v) is 9.98. The summed E-state index contributed by atoms with van der Waals surface area (Å²) in [6, 6.07) is 14.2. The number of hydrogen-bond acceptors (Lipinski definition) is 7. The number of anilines is 2. The van der Waals surface area contributed by atoms with E-state index in [2.05, 4.69) is 39.6 Å². The Balaban J connectivity index is 1.48. The molecule has 0 saturated heterocycles. The summed E-state index contributed by atoms with van der Waals surface area (Å²) in [6.45, 7) is 0.715. The molecule has 1 N–H and O–H groups in total. The van der Waals surface area contributed by atoms with E-state index in [0.717, 1.165) is 21.3 Å². The first-order valence-electron chi connectivity index (χ1n) is 9.16. The standard InChI is InChI=1S/C21H23N5O2S/c1-25(2)16-8-5-14(6-9-16)12-22-20-24-26-13-17(23-21(26)29-20)15-7-10-18(27-3)19(11-15)28-4/h5-11,13H,12H2,1-4H3,(H,22,24). The molecule has 0 spiro atoms. The van der Waals surface area contributed by atoms with Crippen molar-refractivity contribution in [1.82, 2.24) is 14.6 Å². The fourth-order valence-corrected chi connectivity index (χ4v) is 3.77. The first-order chi connectivity index (χ1) is 14.1. The number of hydrogen-bond donors (Lipinski definition) is 1. The molecule has 2 heterocycles. The highest BCUT2D eigenvalue weighted by atomic mass is 32.1. The Kier molecular flexibility index (Phi) is 5.26. The lowest BCUT2D eigenvalue weighted by Crippen LogP contribution is -2.08. The van der Waals surface area contributed by atoms with Gasteiger partial charge in [-0.2, -0.15) is 0 Å². The summed E-state index contributed by atoms with van der Waals surface area (Å²) in [4.78, 5) is 7.62. The largest absolute Gasteiger partial charge is 0.493 e. The quantitative estimate of drug-likeness (QED) is 0.495. The predicted octanol–water partition coefficient (Wildman–Crippen LogP) is 4.15. The maximum atomic E-state index is 5.38. The number of benzene rings is 2. The third-order valence-electron chi connectivity index (χ3n) is 4.62. The lowest BCUT2D eigenvalue weighted by atomic mass is 10.1. The van der Waals surface area contributed by atoms with Crippen LogP contribution in [0, 0.1) is 0 Å². The van der Waals surface area contributed by atoms with Gasteiger partial charge >= 0.3 is 0 Å². The van der Waals surface area contributed by atoms with Gasteiger partial charge < -0.3 is 19.7 Å². The minimum atomic E-state index is 0.678. The molecule has 4 rings (SSSR count). The van der Waals surface area contributed by atoms with Crippen LogP contribution in [0.5, 0.6) is 11.5 Å². The fraction of sp³-hybridized carbons (Fsp3) is 0.238. The summed E-state index contributed by atoms with van der Waals surface area (Å²) in [5, 5.41) is 8.80. The highest BCUT2D eigenvalue weighted by Gasteiger charge is 2.12. The van der Waals surface area contributed by atoms with E-state index in [1.54, 1.807) is 18.7 Å². The van der Waals surface area contributed by atoms with Crippen molar-refractivity contribution in [3.63, 3.8) is 0 Å². The second-order valence-electron chi connectivity index (χ2n) is 6.74. The van der Waals surface area contributed by atoms with Crippen LogP contribution in [0.15, 0.2) is 48.7 Å². The zero-order valence-electron chi connectivity index (χ0n) is 16.8. The summed E-state index contributed by atoms with van der Waals surface area (Å²) in [7, 11) is 7.32. The van der Waals surface area contributed by atoms with E-state index in [9.17, 15) is 0 Å². The van der Waals surface area contributed by atoms with Gasteiger partial charge in [-0.1, -0.05) is 23.5 Å². The lowest BCUT2D eigenvalue weighted by Gasteiger charge is -2.12. The lowest BCUT2D eigenvalue weighted by molar-refractivity contribution is 0.355. The third kappa shape index (κ3) is 3.97. The average molecular weight is 410 g/mol. The summed E-state index contributed by atoms with van der Waals surface area (Å²) in [5.74, 6) is 1.37. The monoisotopic (exact) mass is 409 g/mol. The van der Waals surface area contributed by atoms with Crippen LogP contribution in [0.3, 0.4) is 0 Å². The highest BCUT2D eigenvalue weighted by molar-refractivity contribution is 7.20. The Morgan fingerprint density at radius 3 is 2.45 bits per heavy atom. The van der Waals surface area contributed by atoms with E-state index in [4.69, 9.17) is 14.5 Å². The molecule has 0 unspecified atom stereocenters. The molecule has 0 aliphatic heterocycles. The molecule has 0 saturated carbocycles. The van der Waals surface area contributed by atoms with Gasteiger partial charge in [-0.3, -0.25) is 0 Å². The molecule has 0 radical (unpaired) electrons. The number of aromatic nitrogens is 3. The fourth-order valence-electron chi connectivity index (χ4n) is 3.00. The van der Waals surface area contributed by atoms with E-state index in [0.29, 0.717) is 18.0 Å². The smallest absolute Gasteiger partial charge is 0.214 e. The molecular weight excluding hydrogens is 386 g/mol. The van der Waals surface area contributed by atoms with E-state index >= 15 is 0 Å². The normalized spacial score (nSPS) is 10.9. The third-order valence-corrected chi connectivity index (χ3v) is 5.50. The molecule has 0 atom stereocenters. The first kappa shape index (κ1) is 19.1. The van der Waals surface area contributed by atoms with Crippen LogP contribution in [-0.4, -0.2) is 42.9 Å². The van der Waals surface area contributed by atoms with E-state index < -0.39 is 0 Å². The highest BCUT2D eigenvalue weighted by Crippen LogP contribution is 2.32. The number of nitrogens with zero attached hydrogens (tertiary/aromatic N) is 4. The molecule has 4 aromatic rings. The average Bonchev–Trinajstić information content (AvgIpc) is 3.31. The van der Waals surface area contributed by atoms with Crippen LogP contribution in [0.1, 0.15) is 5.56 Å². The number of methoxy groups -OCH3 is 2. The molecule has 7 nitrogen and oxygen atoms in total. The number of imidazole rings is 1. The van der Waals surface area contributed by atoms with Crippen LogP contribution < -0.4 is 19.7 Å². The van der Waals surface area contributed by atoms with Crippen LogP contribution in [0.2, 0.25) is 0 Å². The topological polar surface area (TPSA) is 63.9 Å². The van der Waals surface area contributed by atoms with Crippen molar-refractivity contribution in [3.05, 3.63) is 54.2 Å². The van der Waals surface area contributed by atoms with Crippen molar-refractivity contribution in [3.8, 4) is 22.8 Å². The van der Waals surface area contributed by atoms with Gasteiger partial charge in [0.1, 0.15) is 0 Å². The maximum absolute atomic E-state index is 5.38. The molecule has 150 valence electrons. The Morgan fingerprint density at radius 1 is 1.03 bits per heavy atom. The molecule has 0 aliphatic rings. The number of nitrogens with one attached hydrogen (secondary N) is 1. The van der Waals surface area contributed by atoms with Gasteiger partial charge in [0.2, 0.25) is 10.1 Å². The minimum absolute atomic E-state index is 0.678. The Hall–Kier alpha value is -3.26. The summed E-state index contributed by atoms with van der Waals surface area (Å²) < 4.78 is 12.5. The molecule has 0 aliphatic carbocycles. The van der Waals surface area contributed by atoms with Crippen molar-refractivity contribution in [2.75, 3.05) is 38.5 Å². The number of rotatable bonds is 7. The summed E-state index contributed by atoms with van der Waals surface area (Å²) >= 11 is 1.52. The zero-order valence-corrected chi connectivity index (χ0v) is 17.7. The van der Waals surface area contributed by atoms with Gasteiger partial charge in [0.25, 0.3) is 0 Å². The maximum Gasteiger partial charge on any atom is 0.214 e. The Labute approximate surface area is 173 Å². The van der Waals surface area contributed by atoms with Crippen molar-refractivity contribution in [2.24, 2.45) is 0 Å². The molecule has 0 fully saturated rings. The molecule has 0 amide bonds. The minimum Gasteiger partial charge on any atom is -0.493 e. The second kappa shape index (κ2) is 8.00. The van der Waals surface area contributed by atoms with Crippen molar-refractivity contribution >= 4 is 27.1 Å². The second-order valence-corrected chi connectivity index (χ2v) is 7.70. The Bertz CT molecular complexity index is 1090. The van der Waals surface area contributed by atoms with E-state index in [1.807, 2.05) is 38.5 Å². The molecule has 2 aromatic heterocycles. The summed E-state index contributed by atoms with van der Waals surface area (Å²) in [6.07, 6.45) is 1.92. The molecule has 0 bridgehead atoms. The molecular formula is C21H23N5O2S. The predicted molar refractivity (Wildman–Crippen MR) is 117 cm³/mol. The van der Waals surface area contributed by atoms with Gasteiger partial charge in [-0.15, -0.1) is 5.10 Å². The van der Waals surface area contributed by atoms with Crippen molar-refractivity contribution in [2.45, 2.75) is 6.54 Å². The van der Waals surface area contributed by atoms with Gasteiger partial charge in [0, 0.05) is 31.9 Å². The van der Waals surface area contributed by atoms with Crippen LogP contribution in [0.4, 0.5) is 10.8 Å². The SMILES string of the molecule is COc1ccc(-c2cn3nc(NCc4ccc(N(C)C)cc4)sc3n2)cc1OC. The molecule has 29 heavy (non-hydrogen) atoms. The Morgan fingerprint density at radius 2 is 1.79 bits per heavy atom. The van der Waals surface area contributed by atoms with Crippen LogP contribution in [-0.2, 0) is 6.54 Å². The number of fused-ring (bicyclic) bond motifs is 1. The van der Waals surface area contributed by atoms with Gasteiger partial charge in [-0.25, -0.2) is 9.50 Å². The summed E-state index contributed by atoms with van der Waals surface area (Å²) in [5.41, 5.74) is 4.19. The van der Waals surface area contributed by atoms with Crippen LogP contribution in [0.25, 0.3) is 16.2 Å². The van der Waals surface area contributed by atoms with Crippen molar-refractivity contribution < 1.29 is 9.47 Å². The molecule has 2 aromatic carbocycles. The van der Waals surface area contributed by atoms with Crippen LogP contribution >= 0.6 is 11.3 Å². The van der Waals surface area contributed by atoms with Gasteiger partial charge in [-0.05, 0) is 35.9 Å². The van der Waals surface area contributed by atoms with Gasteiger partial charge in [0.05, 0.1) is 26.1 Å². The van der Waals surface area contributed by atoms with Gasteiger partial charge in [0.15, 0.2) is 11.5 Å². The molecule has 8 heteroatoms. The van der Waals surface area contributed by atoms with E-state index in [-0.39, 0.29) is 0 Å². The zero-order chi connectivity index (χ0) is 20.4. The number of ether oxygens (including phenoxy) is 2.